The van der Waals surface area contributed by atoms with Crippen molar-refractivity contribution in [2.75, 3.05) is 0 Å². The lowest BCUT2D eigenvalue weighted by atomic mass is 10.2. The Morgan fingerprint density at radius 3 is 2.67 bits per heavy atom. The minimum absolute atomic E-state index is 0.0838. The van der Waals surface area contributed by atoms with Gasteiger partial charge in [0.05, 0.1) is 16.1 Å². The summed E-state index contributed by atoms with van der Waals surface area (Å²) < 4.78 is 3.16. The third kappa shape index (κ3) is 2.99. The Morgan fingerprint density at radius 1 is 1.25 bits per heavy atom. The maximum Gasteiger partial charge on any atom is 0.296 e. The number of rotatable bonds is 2. The Hall–Kier alpha value is -1.70. The van der Waals surface area contributed by atoms with Gasteiger partial charge in [0.25, 0.3) is 5.91 Å². The Bertz CT molecular complexity index is 999. The minimum atomic E-state index is -0.578. The summed E-state index contributed by atoms with van der Waals surface area (Å²) in [5.41, 5.74) is 1.22. The third-order valence-electron chi connectivity index (χ3n) is 3.49. The standard InChI is InChI=1S/C16H10Br2ClN3O2/c1-22-14-10(6-8(17)7-11(14)18)13(16(22)24)20-21-15(23)9-4-2-3-5-12(9)19/h2-7,24H,1H3. The summed E-state index contributed by atoms with van der Waals surface area (Å²) in [6.45, 7) is 0. The SMILES string of the molecule is Cn1c(O)c(N=NC(=O)c2ccccc2Cl)c2cc(Br)cc(Br)c21. The molecule has 5 nitrogen and oxygen atoms in total. The molecule has 0 fully saturated rings. The zero-order chi connectivity index (χ0) is 17.4. The quantitative estimate of drug-likeness (QED) is 0.467. The summed E-state index contributed by atoms with van der Waals surface area (Å²) >= 11 is 12.8. The van der Waals surface area contributed by atoms with E-state index in [9.17, 15) is 9.90 Å². The van der Waals surface area contributed by atoms with Crippen LogP contribution >= 0.6 is 43.5 Å². The highest BCUT2D eigenvalue weighted by atomic mass is 79.9. The van der Waals surface area contributed by atoms with E-state index >= 15 is 0 Å². The first-order chi connectivity index (χ1) is 11.4. The van der Waals surface area contributed by atoms with Crippen LogP contribution < -0.4 is 0 Å². The fraction of sp³-hybridized carbons (Fsp3) is 0.0625. The van der Waals surface area contributed by atoms with Gasteiger partial charge >= 0.3 is 0 Å². The molecule has 0 spiro atoms. The van der Waals surface area contributed by atoms with Gasteiger partial charge in [0, 0.05) is 21.4 Å². The number of benzene rings is 2. The smallest absolute Gasteiger partial charge is 0.296 e. The fourth-order valence-corrected chi connectivity index (χ4v) is 4.06. The van der Waals surface area contributed by atoms with Gasteiger partial charge in [-0.1, -0.05) is 39.7 Å². The van der Waals surface area contributed by atoms with E-state index in [-0.39, 0.29) is 17.1 Å². The zero-order valence-electron chi connectivity index (χ0n) is 12.3. The summed E-state index contributed by atoms with van der Waals surface area (Å²) in [4.78, 5) is 12.2. The van der Waals surface area contributed by atoms with Crippen molar-refractivity contribution < 1.29 is 9.90 Å². The second-order valence-corrected chi connectivity index (χ2v) is 7.18. The van der Waals surface area contributed by atoms with Gasteiger partial charge in [-0.2, -0.15) is 0 Å². The number of aryl methyl sites for hydroxylation is 1. The molecule has 0 aliphatic carbocycles. The molecule has 1 heterocycles. The van der Waals surface area contributed by atoms with E-state index in [1.54, 1.807) is 41.9 Å². The molecule has 8 heteroatoms. The van der Waals surface area contributed by atoms with Crippen LogP contribution in [0.5, 0.6) is 5.88 Å². The Morgan fingerprint density at radius 2 is 1.96 bits per heavy atom. The van der Waals surface area contributed by atoms with E-state index in [2.05, 4.69) is 42.1 Å². The predicted octanol–water partition coefficient (Wildman–Crippen LogP) is 5.99. The molecule has 24 heavy (non-hydrogen) atoms. The van der Waals surface area contributed by atoms with Crippen LogP contribution in [0.4, 0.5) is 5.69 Å². The van der Waals surface area contributed by atoms with Crippen LogP contribution in [-0.2, 0) is 7.05 Å². The van der Waals surface area contributed by atoms with Crippen molar-refractivity contribution in [1.82, 2.24) is 4.57 Å². The largest absolute Gasteiger partial charge is 0.493 e. The predicted molar refractivity (Wildman–Crippen MR) is 100 cm³/mol. The molecule has 1 aromatic heterocycles. The molecule has 3 rings (SSSR count). The van der Waals surface area contributed by atoms with Crippen LogP contribution in [0.1, 0.15) is 10.4 Å². The van der Waals surface area contributed by atoms with Crippen LogP contribution in [0.15, 0.2) is 55.6 Å². The second kappa shape index (κ2) is 6.66. The number of halogens is 3. The lowest BCUT2D eigenvalue weighted by Crippen LogP contribution is -1.94. The monoisotopic (exact) mass is 469 g/mol. The maximum absolute atomic E-state index is 12.2. The number of amides is 1. The lowest BCUT2D eigenvalue weighted by molar-refractivity contribution is 0.0995. The van der Waals surface area contributed by atoms with Gasteiger partial charge in [-0.05, 0) is 40.2 Å². The molecule has 2 aromatic carbocycles. The maximum atomic E-state index is 12.2. The van der Waals surface area contributed by atoms with E-state index in [4.69, 9.17) is 11.6 Å². The van der Waals surface area contributed by atoms with Crippen molar-refractivity contribution in [1.29, 1.82) is 0 Å². The van der Waals surface area contributed by atoms with Crippen molar-refractivity contribution in [2.24, 2.45) is 17.3 Å². The topological polar surface area (TPSA) is 66.9 Å². The molecular formula is C16H10Br2ClN3O2. The summed E-state index contributed by atoms with van der Waals surface area (Å²) in [7, 11) is 1.70. The van der Waals surface area contributed by atoms with Gasteiger partial charge in [0.1, 0.15) is 0 Å². The Labute approximate surface area is 159 Å². The molecule has 0 unspecified atom stereocenters. The fourth-order valence-electron chi connectivity index (χ4n) is 2.36. The first kappa shape index (κ1) is 17.1. The number of azo groups is 1. The van der Waals surface area contributed by atoms with Gasteiger partial charge in [0.15, 0.2) is 5.69 Å². The molecule has 122 valence electrons. The van der Waals surface area contributed by atoms with Crippen LogP contribution in [0, 0.1) is 0 Å². The minimum Gasteiger partial charge on any atom is -0.493 e. The van der Waals surface area contributed by atoms with Gasteiger partial charge in [-0.15, -0.1) is 10.2 Å². The molecular weight excluding hydrogens is 461 g/mol. The summed E-state index contributed by atoms with van der Waals surface area (Å²) in [5, 5.41) is 18.9. The highest BCUT2D eigenvalue weighted by Crippen LogP contribution is 2.42. The van der Waals surface area contributed by atoms with Gasteiger partial charge < -0.3 is 9.67 Å². The highest BCUT2D eigenvalue weighted by Gasteiger charge is 2.18. The molecule has 1 amide bonds. The molecule has 0 aliphatic rings. The van der Waals surface area contributed by atoms with Crippen molar-refractivity contribution in [3.8, 4) is 5.88 Å². The average Bonchev–Trinajstić information content (AvgIpc) is 2.77. The molecule has 0 aliphatic heterocycles. The highest BCUT2D eigenvalue weighted by molar-refractivity contribution is 9.11. The van der Waals surface area contributed by atoms with Crippen molar-refractivity contribution in [3.05, 3.63) is 55.9 Å². The van der Waals surface area contributed by atoms with Crippen molar-refractivity contribution in [2.45, 2.75) is 0 Å². The molecule has 0 bridgehead atoms. The number of fused-ring (bicyclic) bond motifs is 1. The van der Waals surface area contributed by atoms with Gasteiger partial charge in [0.2, 0.25) is 5.88 Å². The number of aromatic hydroxyl groups is 1. The third-order valence-corrected chi connectivity index (χ3v) is 4.89. The number of carbonyl (C=O) groups excluding carboxylic acids is 1. The first-order valence-electron chi connectivity index (χ1n) is 6.77. The summed E-state index contributed by atoms with van der Waals surface area (Å²) in [6, 6.07) is 10.2. The first-order valence-corrected chi connectivity index (χ1v) is 8.73. The van der Waals surface area contributed by atoms with E-state index in [0.29, 0.717) is 10.4 Å². The van der Waals surface area contributed by atoms with Crippen LogP contribution in [0.3, 0.4) is 0 Å². The van der Waals surface area contributed by atoms with Crippen LogP contribution in [0.25, 0.3) is 10.9 Å². The number of aromatic nitrogens is 1. The Kier molecular flexibility index (Phi) is 4.76. The summed E-state index contributed by atoms with van der Waals surface area (Å²) in [6.07, 6.45) is 0. The normalized spacial score (nSPS) is 11.5. The van der Waals surface area contributed by atoms with E-state index in [1.165, 1.54) is 0 Å². The number of carbonyl (C=O) groups is 1. The molecule has 0 saturated carbocycles. The zero-order valence-corrected chi connectivity index (χ0v) is 16.2. The number of hydrogen-bond donors (Lipinski definition) is 1. The van der Waals surface area contributed by atoms with Crippen LogP contribution in [-0.4, -0.2) is 15.6 Å². The molecule has 0 radical (unpaired) electrons. The number of nitrogens with zero attached hydrogens (tertiary/aromatic N) is 3. The Balaban J connectivity index is 2.09. The molecule has 1 N–H and O–H groups in total. The van der Waals surface area contributed by atoms with E-state index < -0.39 is 5.91 Å². The summed E-state index contributed by atoms with van der Waals surface area (Å²) in [5.74, 6) is -0.662. The lowest BCUT2D eigenvalue weighted by Gasteiger charge is -2.00. The van der Waals surface area contributed by atoms with Crippen molar-refractivity contribution in [3.63, 3.8) is 0 Å². The second-order valence-electron chi connectivity index (χ2n) is 5.00. The molecule has 0 atom stereocenters. The van der Waals surface area contributed by atoms with E-state index in [0.717, 1.165) is 14.5 Å². The van der Waals surface area contributed by atoms with E-state index in [1.807, 2.05) is 6.07 Å². The van der Waals surface area contributed by atoms with Gasteiger partial charge in [-0.3, -0.25) is 4.79 Å². The molecule has 3 aromatic rings. The van der Waals surface area contributed by atoms with Crippen LogP contribution in [0.2, 0.25) is 5.02 Å². The van der Waals surface area contributed by atoms with Crippen molar-refractivity contribution >= 4 is 66.0 Å². The number of hydrogen-bond acceptors (Lipinski definition) is 3. The average molecular weight is 472 g/mol. The molecule has 0 saturated heterocycles. The van der Waals surface area contributed by atoms with Gasteiger partial charge in [-0.25, -0.2) is 0 Å².